The predicted molar refractivity (Wildman–Crippen MR) is 63.6 cm³/mol. The van der Waals surface area contributed by atoms with Crippen LogP contribution in [-0.2, 0) is 0 Å². The minimum Gasteiger partial charge on any atom is -0.288 e. The highest BCUT2D eigenvalue weighted by atomic mass is 19.1. The van der Waals surface area contributed by atoms with Crippen LogP contribution in [0.5, 0.6) is 0 Å². The van der Waals surface area contributed by atoms with Gasteiger partial charge >= 0.3 is 0 Å². The van der Waals surface area contributed by atoms with Crippen molar-refractivity contribution in [3.8, 4) is 11.1 Å². The van der Waals surface area contributed by atoms with Gasteiger partial charge in [-0.25, -0.2) is 4.39 Å². The highest BCUT2D eigenvalue weighted by molar-refractivity contribution is 6.22. The highest BCUT2D eigenvalue weighted by Crippen LogP contribution is 2.29. The number of hydrogen-bond acceptors (Lipinski definition) is 2. The van der Waals surface area contributed by atoms with Gasteiger partial charge in [0.05, 0.1) is 11.1 Å². The van der Waals surface area contributed by atoms with E-state index in [2.05, 4.69) is 5.32 Å². The number of amides is 2. The van der Waals surface area contributed by atoms with Crippen molar-refractivity contribution in [1.82, 2.24) is 5.32 Å². The molecule has 0 spiro atoms. The Hall–Kier alpha value is -2.49. The summed E-state index contributed by atoms with van der Waals surface area (Å²) in [4.78, 5) is 22.9. The monoisotopic (exact) mass is 241 g/mol. The minimum atomic E-state index is -0.676. The first kappa shape index (κ1) is 10.7. The molecule has 88 valence electrons. The van der Waals surface area contributed by atoms with Crippen LogP contribution in [-0.4, -0.2) is 11.8 Å². The van der Waals surface area contributed by atoms with Gasteiger partial charge in [-0.05, 0) is 11.6 Å². The van der Waals surface area contributed by atoms with Gasteiger partial charge in [-0.1, -0.05) is 36.4 Å². The second-order valence-corrected chi connectivity index (χ2v) is 4.00. The number of benzene rings is 2. The summed E-state index contributed by atoms with van der Waals surface area (Å²) in [6.45, 7) is 0. The van der Waals surface area contributed by atoms with Crippen molar-refractivity contribution in [1.29, 1.82) is 0 Å². The molecule has 0 aromatic heterocycles. The number of carbonyl (C=O) groups excluding carboxylic acids is 2. The molecule has 18 heavy (non-hydrogen) atoms. The maximum absolute atomic E-state index is 14.3. The van der Waals surface area contributed by atoms with Gasteiger partial charge in [0.2, 0.25) is 0 Å². The molecule has 4 heteroatoms. The fraction of sp³-hybridized carbons (Fsp3) is 0. The van der Waals surface area contributed by atoms with E-state index in [4.69, 9.17) is 0 Å². The van der Waals surface area contributed by atoms with E-state index in [0.29, 0.717) is 11.1 Å². The van der Waals surface area contributed by atoms with Crippen molar-refractivity contribution in [2.75, 3.05) is 0 Å². The van der Waals surface area contributed by atoms with Crippen molar-refractivity contribution in [2.45, 2.75) is 0 Å². The Labute approximate surface area is 102 Å². The van der Waals surface area contributed by atoms with Gasteiger partial charge in [-0.15, -0.1) is 0 Å². The molecular formula is C14H8FNO2. The van der Waals surface area contributed by atoms with Crippen molar-refractivity contribution >= 4 is 11.8 Å². The molecule has 0 bridgehead atoms. The second-order valence-electron chi connectivity index (χ2n) is 4.00. The van der Waals surface area contributed by atoms with Crippen LogP contribution in [0.1, 0.15) is 20.7 Å². The molecular weight excluding hydrogens is 233 g/mol. The lowest BCUT2D eigenvalue weighted by Gasteiger charge is -2.05. The summed E-state index contributed by atoms with van der Waals surface area (Å²) in [5.41, 5.74) is 0.919. The van der Waals surface area contributed by atoms with E-state index in [0.717, 1.165) is 0 Å². The first-order chi connectivity index (χ1) is 8.68. The zero-order valence-electron chi connectivity index (χ0n) is 9.24. The van der Waals surface area contributed by atoms with Crippen LogP contribution in [0, 0.1) is 5.82 Å². The van der Waals surface area contributed by atoms with Crippen LogP contribution in [0.25, 0.3) is 11.1 Å². The van der Waals surface area contributed by atoms with E-state index >= 15 is 0 Å². The Balaban J connectivity index is 2.24. The molecule has 3 nitrogen and oxygen atoms in total. The number of imide groups is 1. The van der Waals surface area contributed by atoms with Crippen LogP contribution >= 0.6 is 0 Å². The fourth-order valence-electron chi connectivity index (χ4n) is 2.06. The van der Waals surface area contributed by atoms with Gasteiger partial charge in [-0.2, -0.15) is 0 Å². The molecule has 0 aliphatic carbocycles. The maximum atomic E-state index is 14.3. The SMILES string of the molecule is O=C1NC(=O)c2c1ccc(-c1ccccc1)c2F. The first-order valence-corrected chi connectivity index (χ1v) is 5.42. The Morgan fingerprint density at radius 3 is 2.22 bits per heavy atom. The zero-order chi connectivity index (χ0) is 12.7. The Kier molecular flexibility index (Phi) is 2.23. The average Bonchev–Trinajstić information content (AvgIpc) is 2.67. The molecule has 0 atom stereocenters. The summed E-state index contributed by atoms with van der Waals surface area (Å²) in [5.74, 6) is -1.87. The maximum Gasteiger partial charge on any atom is 0.261 e. The number of carbonyl (C=O) groups is 2. The third kappa shape index (κ3) is 1.43. The Morgan fingerprint density at radius 1 is 0.833 bits per heavy atom. The molecule has 0 fully saturated rings. The van der Waals surface area contributed by atoms with Gasteiger partial charge in [0.25, 0.3) is 11.8 Å². The summed E-state index contributed by atoms with van der Waals surface area (Å²) in [7, 11) is 0. The molecule has 1 heterocycles. The summed E-state index contributed by atoms with van der Waals surface area (Å²) in [6.07, 6.45) is 0. The lowest BCUT2D eigenvalue weighted by atomic mass is 9.99. The summed E-state index contributed by atoms with van der Waals surface area (Å²) in [6, 6.07) is 11.9. The molecule has 0 saturated heterocycles. The van der Waals surface area contributed by atoms with Gasteiger partial charge in [0.15, 0.2) is 0 Å². The van der Waals surface area contributed by atoms with Gasteiger partial charge < -0.3 is 0 Å². The van der Waals surface area contributed by atoms with E-state index in [9.17, 15) is 14.0 Å². The van der Waals surface area contributed by atoms with Crippen LogP contribution in [0.3, 0.4) is 0 Å². The number of halogens is 1. The van der Waals surface area contributed by atoms with E-state index in [-0.39, 0.29) is 11.1 Å². The molecule has 0 unspecified atom stereocenters. The van der Waals surface area contributed by atoms with Crippen LogP contribution in [0.2, 0.25) is 0 Å². The smallest absolute Gasteiger partial charge is 0.261 e. The Bertz CT molecular complexity index is 665. The lowest BCUT2D eigenvalue weighted by Crippen LogP contribution is -2.20. The number of nitrogens with one attached hydrogen (secondary N) is 1. The Morgan fingerprint density at radius 2 is 1.50 bits per heavy atom. The van der Waals surface area contributed by atoms with E-state index < -0.39 is 17.6 Å². The fourth-order valence-corrected chi connectivity index (χ4v) is 2.06. The molecule has 1 aliphatic rings. The largest absolute Gasteiger partial charge is 0.288 e. The molecule has 2 amide bonds. The third-order valence-electron chi connectivity index (χ3n) is 2.93. The normalized spacial score (nSPS) is 13.4. The number of hydrogen-bond donors (Lipinski definition) is 1. The van der Waals surface area contributed by atoms with Crippen molar-refractivity contribution in [3.63, 3.8) is 0 Å². The number of rotatable bonds is 1. The van der Waals surface area contributed by atoms with Crippen molar-refractivity contribution in [2.24, 2.45) is 0 Å². The lowest BCUT2D eigenvalue weighted by molar-refractivity contribution is 0.0878. The predicted octanol–water partition coefficient (Wildman–Crippen LogP) is 2.38. The van der Waals surface area contributed by atoms with E-state index in [1.165, 1.54) is 12.1 Å². The van der Waals surface area contributed by atoms with Crippen LogP contribution < -0.4 is 5.32 Å². The van der Waals surface area contributed by atoms with Gasteiger partial charge in [0.1, 0.15) is 5.82 Å². The molecule has 0 radical (unpaired) electrons. The minimum absolute atomic E-state index is 0.0946. The quantitative estimate of drug-likeness (QED) is 0.779. The molecule has 1 N–H and O–H groups in total. The van der Waals surface area contributed by atoms with E-state index in [1.54, 1.807) is 24.3 Å². The molecule has 1 aliphatic heterocycles. The standard InChI is InChI=1S/C14H8FNO2/c15-12-9(8-4-2-1-3-5-8)6-7-10-11(12)14(18)16-13(10)17/h1-7H,(H,16,17,18). The first-order valence-electron chi connectivity index (χ1n) is 5.42. The highest BCUT2D eigenvalue weighted by Gasteiger charge is 2.31. The molecule has 2 aromatic carbocycles. The molecule has 3 rings (SSSR count). The average molecular weight is 241 g/mol. The van der Waals surface area contributed by atoms with Gasteiger partial charge in [0, 0.05) is 5.56 Å². The van der Waals surface area contributed by atoms with Gasteiger partial charge in [-0.3, -0.25) is 14.9 Å². The zero-order valence-corrected chi connectivity index (χ0v) is 9.24. The van der Waals surface area contributed by atoms with Crippen LogP contribution in [0.4, 0.5) is 4.39 Å². The van der Waals surface area contributed by atoms with Crippen LogP contribution in [0.15, 0.2) is 42.5 Å². The summed E-state index contributed by atoms with van der Waals surface area (Å²) >= 11 is 0. The third-order valence-corrected chi connectivity index (χ3v) is 2.93. The van der Waals surface area contributed by atoms with Crippen molar-refractivity contribution in [3.05, 3.63) is 59.4 Å². The topological polar surface area (TPSA) is 46.2 Å². The second kappa shape index (κ2) is 3.77. The molecule has 0 saturated carbocycles. The summed E-state index contributed by atoms with van der Waals surface area (Å²) in [5, 5.41) is 2.08. The van der Waals surface area contributed by atoms with E-state index in [1.807, 2.05) is 6.07 Å². The number of fused-ring (bicyclic) bond motifs is 1. The molecule has 2 aromatic rings. The summed E-state index contributed by atoms with van der Waals surface area (Å²) < 4.78 is 14.3. The van der Waals surface area contributed by atoms with Crippen molar-refractivity contribution < 1.29 is 14.0 Å².